The summed E-state index contributed by atoms with van der Waals surface area (Å²) in [4.78, 5) is 17.2. The van der Waals surface area contributed by atoms with Crippen molar-refractivity contribution in [3.05, 3.63) is 39.6 Å². The van der Waals surface area contributed by atoms with E-state index in [0.29, 0.717) is 16.8 Å². The van der Waals surface area contributed by atoms with E-state index in [4.69, 9.17) is 5.26 Å². The average Bonchev–Trinajstić information content (AvgIpc) is 2.96. The first-order chi connectivity index (χ1) is 11.8. The number of H-pyrrole nitrogens is 1. The zero-order chi connectivity index (χ0) is 18.7. The van der Waals surface area contributed by atoms with Crippen molar-refractivity contribution in [1.82, 2.24) is 19.6 Å². The minimum atomic E-state index is -2.59. The number of fused-ring (bicyclic) bond motifs is 1. The highest BCUT2D eigenvalue weighted by Crippen LogP contribution is 2.23. The molecule has 132 valence electrons. The molecule has 0 saturated heterocycles. The van der Waals surface area contributed by atoms with Crippen LogP contribution in [-0.4, -0.2) is 39.3 Å². The van der Waals surface area contributed by atoms with E-state index in [1.807, 2.05) is 19.9 Å². The van der Waals surface area contributed by atoms with Gasteiger partial charge in [0, 0.05) is 24.7 Å². The molecule has 0 spiro atoms. The molecular formula is C16H18F2N6O. The van der Waals surface area contributed by atoms with Crippen LogP contribution in [0.5, 0.6) is 0 Å². The van der Waals surface area contributed by atoms with E-state index in [9.17, 15) is 13.6 Å². The maximum Gasteiger partial charge on any atom is 0.276 e. The van der Waals surface area contributed by atoms with Gasteiger partial charge in [0.15, 0.2) is 5.65 Å². The van der Waals surface area contributed by atoms with Gasteiger partial charge in [0.05, 0.1) is 5.69 Å². The van der Waals surface area contributed by atoms with E-state index in [1.54, 1.807) is 6.92 Å². The van der Waals surface area contributed by atoms with Crippen LogP contribution in [0.4, 0.5) is 8.78 Å². The Hall–Kier alpha value is -3.02. The maximum atomic E-state index is 12.7. The van der Waals surface area contributed by atoms with Crippen LogP contribution >= 0.6 is 0 Å². The number of nitriles is 1. The Morgan fingerprint density at radius 2 is 2.28 bits per heavy atom. The van der Waals surface area contributed by atoms with Crippen molar-refractivity contribution in [2.45, 2.75) is 33.1 Å². The summed E-state index contributed by atoms with van der Waals surface area (Å²) in [5, 5.41) is 16.4. The molecule has 2 aromatic rings. The fraction of sp³-hybridized carbons (Fsp3) is 0.375. The van der Waals surface area contributed by atoms with Gasteiger partial charge in [-0.25, -0.2) is 18.3 Å². The van der Waals surface area contributed by atoms with Crippen LogP contribution in [0.25, 0.3) is 11.2 Å². The molecule has 0 aromatic carbocycles. The molecule has 0 fully saturated rings. The predicted molar refractivity (Wildman–Crippen MR) is 90.5 cm³/mol. The van der Waals surface area contributed by atoms with Crippen molar-refractivity contribution < 1.29 is 8.78 Å². The van der Waals surface area contributed by atoms with E-state index in [2.05, 4.69) is 21.9 Å². The molecular weight excluding hydrogens is 330 g/mol. The van der Waals surface area contributed by atoms with Gasteiger partial charge in [0.1, 0.15) is 18.2 Å². The van der Waals surface area contributed by atoms with Crippen molar-refractivity contribution in [2.24, 2.45) is 5.10 Å². The zero-order valence-electron chi connectivity index (χ0n) is 14.1. The first-order valence-corrected chi connectivity index (χ1v) is 7.54. The summed E-state index contributed by atoms with van der Waals surface area (Å²) < 4.78 is 26.4. The number of hydrogen-bond donors (Lipinski definition) is 1. The minimum absolute atomic E-state index is 0.163. The SMILES string of the molecule is C=NN(/C=C(\C)c1nc2c(C#N)c[nH]n2c(=O)c1C(C)C)CC(F)F. The number of alkyl halides is 2. The van der Waals surface area contributed by atoms with Crippen LogP contribution in [0.15, 0.2) is 22.3 Å². The van der Waals surface area contributed by atoms with Gasteiger partial charge < -0.3 is 0 Å². The Morgan fingerprint density at radius 3 is 2.80 bits per heavy atom. The van der Waals surface area contributed by atoms with Crippen LogP contribution in [0.1, 0.15) is 43.5 Å². The molecule has 25 heavy (non-hydrogen) atoms. The fourth-order valence-corrected chi connectivity index (χ4v) is 2.51. The van der Waals surface area contributed by atoms with Crippen LogP contribution in [0.2, 0.25) is 0 Å². The highest BCUT2D eigenvalue weighted by Gasteiger charge is 2.20. The van der Waals surface area contributed by atoms with Gasteiger partial charge in [-0.1, -0.05) is 13.8 Å². The minimum Gasteiger partial charge on any atom is -0.295 e. The standard InChI is InChI=1S/C16H18F2N6O/c1-9(2)13-14(10(3)7-23(20-4)8-12(17)18)22-15-11(5-19)6-21-24(15)16(13)25/h6-7,9,12,21H,4,8H2,1-3H3/b10-7+. The highest BCUT2D eigenvalue weighted by molar-refractivity contribution is 5.67. The second-order valence-corrected chi connectivity index (χ2v) is 5.76. The molecule has 0 radical (unpaired) electrons. The van der Waals surface area contributed by atoms with Crippen molar-refractivity contribution >= 4 is 17.9 Å². The van der Waals surface area contributed by atoms with Crippen LogP contribution in [0, 0.1) is 11.3 Å². The molecule has 9 heteroatoms. The fourth-order valence-electron chi connectivity index (χ4n) is 2.51. The Morgan fingerprint density at radius 1 is 1.60 bits per heavy atom. The number of halogens is 2. The summed E-state index contributed by atoms with van der Waals surface area (Å²) in [7, 11) is 0. The monoisotopic (exact) mass is 348 g/mol. The van der Waals surface area contributed by atoms with Gasteiger partial charge in [0.25, 0.3) is 12.0 Å². The lowest BCUT2D eigenvalue weighted by Crippen LogP contribution is -2.24. The largest absolute Gasteiger partial charge is 0.295 e. The average molecular weight is 348 g/mol. The van der Waals surface area contributed by atoms with Crippen LogP contribution in [0.3, 0.4) is 0 Å². The second-order valence-electron chi connectivity index (χ2n) is 5.76. The number of aromatic nitrogens is 3. The molecule has 7 nitrogen and oxygen atoms in total. The molecule has 0 aliphatic rings. The number of hydrazone groups is 1. The van der Waals surface area contributed by atoms with E-state index in [-0.39, 0.29) is 22.7 Å². The second kappa shape index (κ2) is 7.25. The molecule has 2 aromatic heterocycles. The lowest BCUT2D eigenvalue weighted by atomic mass is 9.99. The van der Waals surface area contributed by atoms with E-state index >= 15 is 0 Å². The highest BCUT2D eigenvalue weighted by atomic mass is 19.3. The Kier molecular flexibility index (Phi) is 5.32. The van der Waals surface area contributed by atoms with Crippen molar-refractivity contribution in [2.75, 3.05) is 6.54 Å². The molecule has 0 amide bonds. The smallest absolute Gasteiger partial charge is 0.276 e. The van der Waals surface area contributed by atoms with Gasteiger partial charge >= 0.3 is 0 Å². The lowest BCUT2D eigenvalue weighted by Gasteiger charge is -2.16. The number of nitrogens with zero attached hydrogens (tertiary/aromatic N) is 5. The van der Waals surface area contributed by atoms with Crippen LogP contribution in [-0.2, 0) is 0 Å². The first-order valence-electron chi connectivity index (χ1n) is 7.54. The molecule has 0 saturated carbocycles. The number of aromatic amines is 1. The quantitative estimate of drug-likeness (QED) is 0.642. The van der Waals surface area contributed by atoms with Gasteiger partial charge in [0.2, 0.25) is 0 Å². The maximum absolute atomic E-state index is 12.7. The number of rotatable bonds is 6. The van der Waals surface area contributed by atoms with Crippen molar-refractivity contribution in [1.29, 1.82) is 5.26 Å². The molecule has 0 bridgehead atoms. The number of nitrogens with one attached hydrogen (secondary N) is 1. The third kappa shape index (κ3) is 3.57. The normalized spacial score (nSPS) is 12.0. The molecule has 2 heterocycles. The van der Waals surface area contributed by atoms with Gasteiger partial charge in [-0.2, -0.15) is 10.4 Å². The summed E-state index contributed by atoms with van der Waals surface area (Å²) in [5.74, 6) is -0.163. The molecule has 0 atom stereocenters. The Bertz CT molecular complexity index is 919. The van der Waals surface area contributed by atoms with E-state index < -0.39 is 13.0 Å². The summed E-state index contributed by atoms with van der Waals surface area (Å²) in [6, 6.07) is 1.96. The molecule has 0 aliphatic carbocycles. The summed E-state index contributed by atoms with van der Waals surface area (Å²) in [6.07, 6.45) is 0.169. The summed E-state index contributed by atoms with van der Waals surface area (Å²) in [5.41, 5.74) is 1.30. The van der Waals surface area contributed by atoms with Gasteiger partial charge in [-0.3, -0.25) is 14.9 Å². The summed E-state index contributed by atoms with van der Waals surface area (Å²) >= 11 is 0. The zero-order valence-corrected chi connectivity index (χ0v) is 14.1. The third-order valence-electron chi connectivity index (χ3n) is 3.62. The van der Waals surface area contributed by atoms with Crippen molar-refractivity contribution in [3.8, 4) is 6.07 Å². The molecule has 0 aliphatic heterocycles. The van der Waals surface area contributed by atoms with E-state index in [1.165, 1.54) is 16.9 Å². The third-order valence-corrected chi connectivity index (χ3v) is 3.62. The molecule has 2 rings (SSSR count). The Labute approximate surface area is 142 Å². The predicted octanol–water partition coefficient (Wildman–Crippen LogP) is 2.56. The van der Waals surface area contributed by atoms with Gasteiger partial charge in [-0.05, 0) is 18.4 Å². The first kappa shape index (κ1) is 18.3. The lowest BCUT2D eigenvalue weighted by molar-refractivity contribution is 0.110. The van der Waals surface area contributed by atoms with E-state index in [0.717, 1.165) is 5.01 Å². The van der Waals surface area contributed by atoms with Gasteiger partial charge in [-0.15, -0.1) is 0 Å². The Balaban J connectivity index is 2.70. The number of allylic oxidation sites excluding steroid dienone is 1. The number of hydrogen-bond acceptors (Lipinski definition) is 5. The molecule has 0 unspecified atom stereocenters. The molecule has 1 N–H and O–H groups in total. The van der Waals surface area contributed by atoms with Crippen LogP contribution < -0.4 is 5.56 Å². The summed E-state index contributed by atoms with van der Waals surface area (Å²) in [6.45, 7) is 7.96. The van der Waals surface area contributed by atoms with Crippen molar-refractivity contribution in [3.63, 3.8) is 0 Å². The topological polar surface area (TPSA) is 89.5 Å².